The largest absolute Gasteiger partial charge is 0.360 e. The van der Waals surface area contributed by atoms with Gasteiger partial charge in [-0.2, -0.15) is 0 Å². The fourth-order valence-electron chi connectivity index (χ4n) is 11.9. The van der Waals surface area contributed by atoms with E-state index in [1.54, 1.807) is 0 Å². The van der Waals surface area contributed by atoms with Crippen molar-refractivity contribution in [2.75, 3.05) is 4.90 Å². The monoisotopic (exact) mass is 865 g/mol. The number of anilines is 2. The van der Waals surface area contributed by atoms with Crippen molar-refractivity contribution in [1.29, 1.82) is 0 Å². The van der Waals surface area contributed by atoms with E-state index in [9.17, 15) is 0 Å². The van der Waals surface area contributed by atoms with Crippen LogP contribution in [0.15, 0.2) is 181 Å². The maximum Gasteiger partial charge on any atom is 0.240 e. The molecule has 0 radical (unpaired) electrons. The Labute approximate surface area is 396 Å². The number of hydrogen-bond donors (Lipinski definition) is 1. The number of aromatic nitrogens is 2. The molecule has 1 atom stereocenters. The number of fused-ring (bicyclic) bond motifs is 6. The minimum atomic E-state index is -0.268. The van der Waals surface area contributed by atoms with Crippen molar-refractivity contribution in [2.24, 2.45) is 0 Å². The van der Waals surface area contributed by atoms with E-state index in [0.717, 1.165) is 19.3 Å². The summed E-state index contributed by atoms with van der Waals surface area (Å²) in [4.78, 5) is 6.33. The van der Waals surface area contributed by atoms with Crippen molar-refractivity contribution in [2.45, 2.75) is 77.7 Å². The molecule has 6 aromatic carbocycles. The molecule has 2 aromatic heterocycles. The van der Waals surface area contributed by atoms with Crippen LogP contribution in [0.4, 0.5) is 11.4 Å². The van der Waals surface area contributed by atoms with Crippen LogP contribution in [0, 0.1) is 13.8 Å². The third-order valence-corrected chi connectivity index (χ3v) is 15.5. The van der Waals surface area contributed by atoms with E-state index in [2.05, 4.69) is 224 Å². The number of aromatic amines is 1. The van der Waals surface area contributed by atoms with E-state index < -0.39 is 0 Å². The number of nitrogens with zero attached hydrogens (tertiary/aromatic N) is 2. The normalized spacial score (nSPS) is 17.2. The molecule has 12 rings (SSSR count). The molecule has 1 saturated carbocycles. The molecule has 1 unspecified atom stereocenters. The molecule has 1 fully saturated rings. The molecule has 3 heterocycles. The Bertz CT molecular complexity index is 3420. The summed E-state index contributed by atoms with van der Waals surface area (Å²) in [6, 6.07) is 52.8. The zero-order valence-corrected chi connectivity index (χ0v) is 39.1. The minimum Gasteiger partial charge on any atom is -0.360 e. The fourth-order valence-corrected chi connectivity index (χ4v) is 11.9. The molecule has 4 aliphatic rings. The lowest BCUT2D eigenvalue weighted by atomic mass is 9.35. The quantitative estimate of drug-likeness (QED) is 0.107. The maximum absolute atomic E-state index is 3.72. The predicted octanol–water partition coefficient (Wildman–Crippen LogP) is 14.8. The molecule has 1 N–H and O–H groups in total. The molecule has 0 spiro atoms. The first-order valence-electron chi connectivity index (χ1n) is 24.5. The Morgan fingerprint density at radius 2 is 1.49 bits per heavy atom. The molecule has 1 aliphatic heterocycles. The van der Waals surface area contributed by atoms with Crippen LogP contribution in [0.3, 0.4) is 0 Å². The van der Waals surface area contributed by atoms with Gasteiger partial charge in [-0.05, 0) is 152 Å². The maximum atomic E-state index is 3.72. The van der Waals surface area contributed by atoms with Gasteiger partial charge in [0.25, 0.3) is 0 Å². The Balaban J connectivity index is 0.978. The molecule has 326 valence electrons. The van der Waals surface area contributed by atoms with Crippen molar-refractivity contribution in [3.8, 4) is 27.9 Å². The number of nitrogens with one attached hydrogen (secondary N) is 1. The highest BCUT2D eigenvalue weighted by Crippen LogP contribution is 2.55. The van der Waals surface area contributed by atoms with Crippen LogP contribution >= 0.6 is 0 Å². The van der Waals surface area contributed by atoms with Gasteiger partial charge in [0.15, 0.2) is 0 Å². The van der Waals surface area contributed by atoms with Crippen LogP contribution in [-0.2, 0) is 6.42 Å². The number of hydrogen-bond acceptors (Lipinski definition) is 1. The topological polar surface area (TPSA) is 24.0 Å². The lowest BCUT2D eigenvalue weighted by Crippen LogP contribution is -2.46. The number of allylic oxidation sites excluding steroid dienone is 4. The third kappa shape index (κ3) is 6.80. The van der Waals surface area contributed by atoms with Gasteiger partial charge in [-0.1, -0.05) is 158 Å². The van der Waals surface area contributed by atoms with Gasteiger partial charge in [0.1, 0.15) is 0 Å². The van der Waals surface area contributed by atoms with Crippen LogP contribution < -0.4 is 15.8 Å². The SMILES string of the molecule is CCCc1ccc(N2c3cc[nH]c3C3=CC(B(c4ccccc4)c4ccc5c(c4)c4c(n5-c5ccc(C6CCC6)c(-c6ccccc6C)c5)C=CC=C=C4)=CCC32C)cc1-c1ccccc1C. The summed E-state index contributed by atoms with van der Waals surface area (Å²) in [5.74, 6) is 0.624. The minimum absolute atomic E-state index is 0.0327. The summed E-state index contributed by atoms with van der Waals surface area (Å²) in [5, 5.41) is 1.24. The van der Waals surface area contributed by atoms with Crippen molar-refractivity contribution in [3.05, 3.63) is 220 Å². The highest BCUT2D eigenvalue weighted by molar-refractivity contribution is 6.91. The molecule has 67 heavy (non-hydrogen) atoms. The predicted molar refractivity (Wildman–Crippen MR) is 286 cm³/mol. The van der Waals surface area contributed by atoms with Gasteiger partial charge in [0, 0.05) is 34.1 Å². The van der Waals surface area contributed by atoms with Gasteiger partial charge in [-0.25, -0.2) is 0 Å². The zero-order chi connectivity index (χ0) is 45.2. The van der Waals surface area contributed by atoms with Crippen molar-refractivity contribution >= 4 is 57.6 Å². The van der Waals surface area contributed by atoms with Crippen LogP contribution in [0.25, 0.3) is 56.6 Å². The molecule has 3 aliphatic carbocycles. The second-order valence-corrected chi connectivity index (χ2v) is 19.5. The molecular weight excluding hydrogens is 810 g/mol. The Hall–Kier alpha value is -7.26. The van der Waals surface area contributed by atoms with E-state index in [-0.39, 0.29) is 12.3 Å². The van der Waals surface area contributed by atoms with Gasteiger partial charge < -0.3 is 14.5 Å². The van der Waals surface area contributed by atoms with Gasteiger partial charge in [-0.3, -0.25) is 0 Å². The van der Waals surface area contributed by atoms with Crippen LogP contribution in [0.5, 0.6) is 0 Å². The zero-order valence-electron chi connectivity index (χ0n) is 39.1. The molecule has 0 bridgehead atoms. The van der Waals surface area contributed by atoms with Crippen molar-refractivity contribution in [1.82, 2.24) is 9.55 Å². The van der Waals surface area contributed by atoms with Crippen molar-refractivity contribution < 1.29 is 0 Å². The summed E-state index contributed by atoms with van der Waals surface area (Å²) >= 11 is 0. The van der Waals surface area contributed by atoms with E-state index in [1.165, 1.54) is 131 Å². The van der Waals surface area contributed by atoms with E-state index in [4.69, 9.17) is 0 Å². The number of H-pyrrole nitrogens is 1. The standard InChI is InChI=1S/C63H56BN3/c1-5-17-44-28-30-50(41-55(44)51-24-14-12-18-42(51)2)67-61-35-37-65-62(61)58-39-48(34-36-63(58,67)4)64(46-22-8-6-9-23-46)47-29-33-60-57(38-47)54-26-10-7-11-27-59(54)66(60)49-31-32-53(45-20-16-21-45)56(40-49)52-25-15-13-19-43(52)3/h6-9,11-15,18-19,22-35,37-41,45,65H,5,16-17,20-21,36H2,1-4H3. The second kappa shape index (κ2) is 16.6. The summed E-state index contributed by atoms with van der Waals surface area (Å²) in [6.45, 7) is 9.23. The van der Waals surface area contributed by atoms with E-state index in [0.29, 0.717) is 5.92 Å². The molecule has 0 amide bonds. The van der Waals surface area contributed by atoms with Crippen LogP contribution in [0.1, 0.15) is 91.1 Å². The lowest BCUT2D eigenvalue weighted by Gasteiger charge is -2.40. The first-order chi connectivity index (χ1) is 32.9. The second-order valence-electron chi connectivity index (χ2n) is 19.5. The molecular formula is C63H56BN3. The number of aryl methyl sites for hydroxylation is 3. The van der Waals surface area contributed by atoms with E-state index in [1.807, 2.05) is 6.08 Å². The smallest absolute Gasteiger partial charge is 0.240 e. The highest BCUT2D eigenvalue weighted by atomic mass is 15.2. The first kappa shape index (κ1) is 41.2. The van der Waals surface area contributed by atoms with Gasteiger partial charge >= 0.3 is 0 Å². The summed E-state index contributed by atoms with van der Waals surface area (Å²) in [6.07, 6.45) is 22.7. The van der Waals surface area contributed by atoms with Gasteiger partial charge in [0.05, 0.1) is 28.1 Å². The van der Waals surface area contributed by atoms with E-state index >= 15 is 0 Å². The number of benzene rings is 6. The molecule has 0 saturated heterocycles. The molecule has 3 nitrogen and oxygen atoms in total. The molecule has 8 aromatic rings. The van der Waals surface area contributed by atoms with Gasteiger partial charge in [0.2, 0.25) is 6.71 Å². The molecule has 4 heteroatoms. The Kier molecular flexibility index (Phi) is 10.2. The van der Waals surface area contributed by atoms with Crippen molar-refractivity contribution in [3.63, 3.8) is 0 Å². The van der Waals surface area contributed by atoms with Gasteiger partial charge in [-0.15, -0.1) is 5.73 Å². The summed E-state index contributed by atoms with van der Waals surface area (Å²) in [5.41, 5.74) is 27.8. The van der Waals surface area contributed by atoms with Crippen LogP contribution in [0.2, 0.25) is 0 Å². The average molecular weight is 866 g/mol. The Morgan fingerprint density at radius 3 is 2.25 bits per heavy atom. The first-order valence-corrected chi connectivity index (χ1v) is 24.5. The summed E-state index contributed by atoms with van der Waals surface area (Å²) < 4.78 is 2.48. The fraction of sp³-hybridized carbons (Fsp3) is 0.190. The number of rotatable bonds is 10. The summed E-state index contributed by atoms with van der Waals surface area (Å²) in [7, 11) is 0. The van der Waals surface area contributed by atoms with Crippen LogP contribution in [-0.4, -0.2) is 21.8 Å². The lowest BCUT2D eigenvalue weighted by molar-refractivity contribution is 0.420. The average Bonchev–Trinajstić information content (AvgIpc) is 3.92. The highest BCUT2D eigenvalue weighted by Gasteiger charge is 2.47. The third-order valence-electron chi connectivity index (χ3n) is 15.5. The Morgan fingerprint density at radius 1 is 0.746 bits per heavy atom.